The molecular formula is C15H19NO3S2. The number of ether oxygens (including phenoxy) is 1. The summed E-state index contributed by atoms with van der Waals surface area (Å²) in [6.07, 6.45) is 2.64. The molecule has 1 unspecified atom stereocenters. The van der Waals surface area contributed by atoms with Crippen molar-refractivity contribution >= 4 is 35.0 Å². The Labute approximate surface area is 132 Å². The van der Waals surface area contributed by atoms with Crippen LogP contribution < -0.4 is 0 Å². The number of thioether (sulfide) groups is 1. The van der Waals surface area contributed by atoms with Gasteiger partial charge in [-0.3, -0.25) is 4.79 Å². The van der Waals surface area contributed by atoms with Crippen LogP contribution in [0.5, 0.6) is 0 Å². The van der Waals surface area contributed by atoms with Crippen molar-refractivity contribution in [2.24, 2.45) is 0 Å². The summed E-state index contributed by atoms with van der Waals surface area (Å²) in [4.78, 5) is 28.5. The first kappa shape index (κ1) is 14.9. The standard InChI is InChI=1S/C15H19NO3S2/c1-2-19-15(18)11-4-3-6-16(11)14(17)13-8-10-9-20-7-5-12(10)21-13/h8,11H,2-7,9H2,1H3. The second-order valence-electron chi connectivity index (χ2n) is 5.27. The van der Waals surface area contributed by atoms with Crippen LogP contribution in [-0.4, -0.2) is 41.7 Å². The Morgan fingerprint density at radius 2 is 2.33 bits per heavy atom. The molecule has 1 saturated heterocycles. The van der Waals surface area contributed by atoms with Gasteiger partial charge in [0, 0.05) is 17.2 Å². The largest absolute Gasteiger partial charge is 0.464 e. The van der Waals surface area contributed by atoms with Gasteiger partial charge >= 0.3 is 5.97 Å². The zero-order valence-corrected chi connectivity index (χ0v) is 13.7. The lowest BCUT2D eigenvalue weighted by Gasteiger charge is -2.22. The molecule has 0 radical (unpaired) electrons. The fourth-order valence-corrected chi connectivity index (χ4v) is 5.22. The van der Waals surface area contributed by atoms with Gasteiger partial charge in [-0.2, -0.15) is 11.8 Å². The van der Waals surface area contributed by atoms with Crippen molar-refractivity contribution in [1.82, 2.24) is 4.90 Å². The van der Waals surface area contributed by atoms with Gasteiger partial charge in [0.25, 0.3) is 5.91 Å². The quantitative estimate of drug-likeness (QED) is 0.802. The van der Waals surface area contributed by atoms with Gasteiger partial charge in [0.1, 0.15) is 6.04 Å². The second-order valence-corrected chi connectivity index (χ2v) is 7.51. The van der Waals surface area contributed by atoms with Gasteiger partial charge < -0.3 is 9.64 Å². The molecule has 2 aliphatic heterocycles. The van der Waals surface area contributed by atoms with Crippen molar-refractivity contribution in [3.8, 4) is 0 Å². The van der Waals surface area contributed by atoms with Gasteiger partial charge in [0.05, 0.1) is 11.5 Å². The van der Waals surface area contributed by atoms with E-state index in [4.69, 9.17) is 4.74 Å². The van der Waals surface area contributed by atoms with Crippen molar-refractivity contribution in [2.75, 3.05) is 18.9 Å². The van der Waals surface area contributed by atoms with Crippen molar-refractivity contribution in [3.63, 3.8) is 0 Å². The molecule has 0 saturated carbocycles. The van der Waals surface area contributed by atoms with E-state index in [1.807, 2.05) is 17.8 Å². The van der Waals surface area contributed by atoms with Crippen molar-refractivity contribution < 1.29 is 14.3 Å². The molecule has 114 valence electrons. The minimum Gasteiger partial charge on any atom is -0.464 e. The third-order valence-corrected chi connectivity index (χ3v) is 6.14. The number of aryl methyl sites for hydroxylation is 1. The zero-order valence-electron chi connectivity index (χ0n) is 12.1. The molecule has 2 aliphatic rings. The second kappa shape index (κ2) is 6.40. The summed E-state index contributed by atoms with van der Waals surface area (Å²) in [5.41, 5.74) is 1.30. The third-order valence-electron chi connectivity index (χ3n) is 3.91. The Kier molecular flexibility index (Phi) is 4.54. The first-order chi connectivity index (χ1) is 10.2. The maximum atomic E-state index is 12.7. The first-order valence-corrected chi connectivity index (χ1v) is 9.34. The molecule has 0 aliphatic carbocycles. The van der Waals surface area contributed by atoms with E-state index in [-0.39, 0.29) is 11.9 Å². The monoisotopic (exact) mass is 325 g/mol. The van der Waals surface area contributed by atoms with Crippen LogP contribution in [0.15, 0.2) is 6.07 Å². The van der Waals surface area contributed by atoms with Crippen LogP contribution >= 0.6 is 23.1 Å². The van der Waals surface area contributed by atoms with Gasteiger partial charge in [0.2, 0.25) is 0 Å². The van der Waals surface area contributed by atoms with Gasteiger partial charge in [-0.05, 0) is 43.6 Å². The summed E-state index contributed by atoms with van der Waals surface area (Å²) in [6.45, 7) is 2.81. The van der Waals surface area contributed by atoms with Crippen LogP contribution in [0.4, 0.5) is 0 Å². The predicted molar refractivity (Wildman–Crippen MR) is 84.9 cm³/mol. The Bertz CT molecular complexity index is 532. The molecule has 0 bridgehead atoms. The number of nitrogens with zero attached hydrogens (tertiary/aromatic N) is 1. The molecule has 21 heavy (non-hydrogen) atoms. The highest BCUT2D eigenvalue weighted by Gasteiger charge is 2.36. The molecule has 1 atom stereocenters. The highest BCUT2D eigenvalue weighted by molar-refractivity contribution is 7.98. The van der Waals surface area contributed by atoms with Crippen LogP contribution in [0.25, 0.3) is 0 Å². The van der Waals surface area contributed by atoms with Crippen LogP contribution in [0.3, 0.4) is 0 Å². The molecule has 1 aromatic rings. The van der Waals surface area contributed by atoms with E-state index in [0.717, 1.165) is 29.2 Å². The average Bonchev–Trinajstić information content (AvgIpc) is 3.13. The summed E-state index contributed by atoms with van der Waals surface area (Å²) >= 11 is 3.52. The molecule has 1 fully saturated rings. The van der Waals surface area contributed by atoms with Gasteiger partial charge in [-0.15, -0.1) is 11.3 Å². The lowest BCUT2D eigenvalue weighted by molar-refractivity contribution is -0.147. The minimum atomic E-state index is -0.397. The zero-order chi connectivity index (χ0) is 14.8. The molecular weight excluding hydrogens is 306 g/mol. The Hall–Kier alpha value is -1.01. The lowest BCUT2D eigenvalue weighted by Crippen LogP contribution is -2.41. The van der Waals surface area contributed by atoms with E-state index in [2.05, 4.69) is 0 Å². The predicted octanol–water partition coefficient (Wildman–Crippen LogP) is 2.71. The van der Waals surface area contributed by atoms with Crippen LogP contribution in [-0.2, 0) is 21.7 Å². The number of esters is 1. The Morgan fingerprint density at radius 3 is 3.10 bits per heavy atom. The third kappa shape index (κ3) is 2.97. The Balaban J connectivity index is 1.77. The summed E-state index contributed by atoms with van der Waals surface area (Å²) < 4.78 is 5.09. The van der Waals surface area contributed by atoms with E-state index in [1.165, 1.54) is 10.4 Å². The number of amides is 1. The number of hydrogen-bond donors (Lipinski definition) is 0. The number of carbonyl (C=O) groups is 2. The topological polar surface area (TPSA) is 46.6 Å². The van der Waals surface area contributed by atoms with Crippen LogP contribution in [0.2, 0.25) is 0 Å². The molecule has 1 amide bonds. The fraction of sp³-hybridized carbons (Fsp3) is 0.600. The number of likely N-dealkylation sites (tertiary alicyclic amines) is 1. The van der Waals surface area contributed by atoms with Crippen molar-refractivity contribution in [2.45, 2.75) is 38.0 Å². The normalized spacial score (nSPS) is 21.2. The number of rotatable bonds is 3. The molecule has 4 nitrogen and oxygen atoms in total. The summed E-state index contributed by atoms with van der Waals surface area (Å²) in [5, 5.41) is 0. The van der Waals surface area contributed by atoms with E-state index < -0.39 is 6.04 Å². The first-order valence-electron chi connectivity index (χ1n) is 7.37. The molecule has 3 heterocycles. The van der Waals surface area contributed by atoms with E-state index in [9.17, 15) is 9.59 Å². The minimum absolute atomic E-state index is 0.00467. The van der Waals surface area contributed by atoms with Gasteiger partial charge in [-0.1, -0.05) is 0 Å². The molecule has 0 spiro atoms. The van der Waals surface area contributed by atoms with Crippen LogP contribution in [0, 0.1) is 0 Å². The van der Waals surface area contributed by atoms with Crippen LogP contribution in [0.1, 0.15) is 39.9 Å². The number of hydrogen-bond acceptors (Lipinski definition) is 5. The Morgan fingerprint density at radius 1 is 1.48 bits per heavy atom. The molecule has 0 N–H and O–H groups in total. The number of thiophene rings is 1. The number of fused-ring (bicyclic) bond motifs is 1. The smallest absolute Gasteiger partial charge is 0.328 e. The SMILES string of the molecule is CCOC(=O)C1CCCN1C(=O)c1cc2c(s1)CCSC2. The van der Waals surface area contributed by atoms with E-state index in [1.54, 1.807) is 23.2 Å². The van der Waals surface area contributed by atoms with Gasteiger partial charge in [-0.25, -0.2) is 4.79 Å². The molecule has 1 aromatic heterocycles. The van der Waals surface area contributed by atoms with E-state index >= 15 is 0 Å². The summed E-state index contributed by atoms with van der Waals surface area (Å²) in [5.74, 6) is 1.87. The lowest BCUT2D eigenvalue weighted by atomic mass is 10.2. The summed E-state index contributed by atoms with van der Waals surface area (Å²) in [7, 11) is 0. The highest BCUT2D eigenvalue weighted by Crippen LogP contribution is 2.33. The van der Waals surface area contributed by atoms with Gasteiger partial charge in [0.15, 0.2) is 0 Å². The highest BCUT2D eigenvalue weighted by atomic mass is 32.2. The van der Waals surface area contributed by atoms with E-state index in [0.29, 0.717) is 19.6 Å². The average molecular weight is 325 g/mol. The van der Waals surface area contributed by atoms with Crippen molar-refractivity contribution in [3.05, 3.63) is 21.4 Å². The molecule has 6 heteroatoms. The number of carbonyl (C=O) groups excluding carboxylic acids is 2. The molecule has 0 aromatic carbocycles. The maximum absolute atomic E-state index is 12.7. The van der Waals surface area contributed by atoms with Crippen molar-refractivity contribution in [1.29, 1.82) is 0 Å². The maximum Gasteiger partial charge on any atom is 0.328 e. The fourth-order valence-electron chi connectivity index (χ4n) is 2.89. The summed E-state index contributed by atoms with van der Waals surface area (Å²) in [6, 6.07) is 1.63. The molecule has 3 rings (SSSR count).